The molecule has 2 heterocycles. The molecule has 1 atom stereocenters. The average molecular weight is 311 g/mol. The second-order valence-corrected chi connectivity index (χ2v) is 4.94. The molecule has 0 aliphatic carbocycles. The quantitative estimate of drug-likeness (QED) is 0.831. The van der Waals surface area contributed by atoms with E-state index >= 15 is 0 Å². The van der Waals surface area contributed by atoms with Gasteiger partial charge in [0.15, 0.2) is 11.5 Å². The molecule has 2 aromatic rings. The number of aliphatic imine (C=N–C) groups is 1. The highest BCUT2D eigenvalue weighted by atomic mass is 16.1. The van der Waals surface area contributed by atoms with Crippen molar-refractivity contribution in [2.24, 2.45) is 4.99 Å². The lowest BCUT2D eigenvalue weighted by Crippen LogP contribution is -2.22. The van der Waals surface area contributed by atoms with Crippen LogP contribution >= 0.6 is 0 Å². The van der Waals surface area contributed by atoms with Crippen molar-refractivity contribution >= 4 is 23.6 Å². The van der Waals surface area contributed by atoms with E-state index in [4.69, 9.17) is 11.0 Å². The molecule has 2 aromatic heterocycles. The number of carbonyl (C=O) groups excluding carboxylic acids is 1. The lowest BCUT2D eigenvalue weighted by atomic mass is 10.1. The van der Waals surface area contributed by atoms with E-state index < -0.39 is 5.91 Å². The molecular formula is C15H17N7O. The van der Waals surface area contributed by atoms with Gasteiger partial charge in [-0.1, -0.05) is 0 Å². The Hall–Kier alpha value is -3.21. The Bertz CT molecular complexity index is 841. The molecule has 0 radical (unpaired) electrons. The van der Waals surface area contributed by atoms with Crippen LogP contribution < -0.4 is 11.1 Å². The molecule has 0 spiro atoms. The van der Waals surface area contributed by atoms with E-state index in [-0.39, 0.29) is 17.3 Å². The molecule has 0 saturated heterocycles. The Morgan fingerprint density at radius 1 is 1.61 bits per heavy atom. The average Bonchev–Trinajstić information content (AvgIpc) is 2.86. The Balaban J connectivity index is 2.40. The van der Waals surface area contributed by atoms with Gasteiger partial charge in [0.1, 0.15) is 5.56 Å². The Morgan fingerprint density at radius 2 is 2.35 bits per heavy atom. The molecule has 3 N–H and O–H groups in total. The molecule has 0 aliphatic heterocycles. The van der Waals surface area contributed by atoms with Crippen LogP contribution in [0.15, 0.2) is 29.3 Å². The number of hydrogen-bond donors (Lipinski definition) is 2. The van der Waals surface area contributed by atoms with Gasteiger partial charge in [-0.25, -0.2) is 9.50 Å². The zero-order valence-corrected chi connectivity index (χ0v) is 13.1. The van der Waals surface area contributed by atoms with Crippen molar-refractivity contribution < 1.29 is 4.79 Å². The molecular weight excluding hydrogens is 294 g/mol. The van der Waals surface area contributed by atoms with Crippen LogP contribution in [0.5, 0.6) is 0 Å². The zero-order chi connectivity index (χ0) is 17.0. The highest BCUT2D eigenvalue weighted by Crippen LogP contribution is 2.19. The number of hydrogen-bond acceptors (Lipinski definition) is 6. The summed E-state index contributed by atoms with van der Waals surface area (Å²) in [6, 6.07) is 2.12. The molecule has 23 heavy (non-hydrogen) atoms. The largest absolute Gasteiger partial charge is 0.381 e. The molecule has 1 unspecified atom stereocenters. The first-order chi connectivity index (χ1) is 11.0. The molecule has 0 saturated carbocycles. The molecule has 1 amide bonds. The number of carbonyl (C=O) groups is 1. The van der Waals surface area contributed by atoms with Crippen molar-refractivity contribution in [3.63, 3.8) is 0 Å². The number of amides is 1. The summed E-state index contributed by atoms with van der Waals surface area (Å²) in [5.41, 5.74) is 7.63. The first-order valence-corrected chi connectivity index (χ1v) is 6.97. The number of fused-ring (bicyclic) bond motifs is 1. The number of nitrogens with one attached hydrogen (secondary N) is 1. The number of rotatable bonds is 4. The second kappa shape index (κ2) is 6.70. The van der Waals surface area contributed by atoms with E-state index in [9.17, 15) is 4.79 Å². The van der Waals surface area contributed by atoms with Crippen molar-refractivity contribution in [3.8, 4) is 6.07 Å². The number of anilines is 1. The third-order valence-electron chi connectivity index (χ3n) is 3.17. The molecule has 0 aliphatic rings. The number of nitrogens with two attached hydrogens (primary N) is 1. The number of allylic oxidation sites excluding steroid dienone is 1. The van der Waals surface area contributed by atoms with Crippen LogP contribution in [0.3, 0.4) is 0 Å². The fraction of sp³-hybridized carbons (Fsp3) is 0.267. The van der Waals surface area contributed by atoms with Gasteiger partial charge < -0.3 is 11.1 Å². The fourth-order valence-corrected chi connectivity index (χ4v) is 1.94. The van der Waals surface area contributed by atoms with Crippen molar-refractivity contribution in [1.29, 1.82) is 5.26 Å². The lowest BCUT2D eigenvalue weighted by molar-refractivity contribution is 0.0968. The van der Waals surface area contributed by atoms with Gasteiger partial charge >= 0.3 is 0 Å². The summed E-state index contributed by atoms with van der Waals surface area (Å²) in [5.74, 6) is -0.665. The maximum atomic E-state index is 12.4. The molecule has 8 heteroatoms. The number of aromatic nitrogens is 3. The van der Waals surface area contributed by atoms with Crippen molar-refractivity contribution in [1.82, 2.24) is 19.9 Å². The van der Waals surface area contributed by atoms with Crippen molar-refractivity contribution in [2.45, 2.75) is 26.7 Å². The van der Waals surface area contributed by atoms with Crippen LogP contribution in [0.2, 0.25) is 0 Å². The van der Waals surface area contributed by atoms with Crippen LogP contribution in [-0.4, -0.2) is 26.7 Å². The minimum atomic E-state index is -0.411. The second-order valence-electron chi connectivity index (χ2n) is 4.94. The van der Waals surface area contributed by atoms with Gasteiger partial charge in [-0.3, -0.25) is 9.79 Å². The number of nitrogens with zero attached hydrogens (tertiary/aromatic N) is 5. The van der Waals surface area contributed by atoms with Gasteiger partial charge in [0, 0.05) is 36.1 Å². The first-order valence-electron chi connectivity index (χ1n) is 6.97. The van der Waals surface area contributed by atoms with Gasteiger partial charge in [0.05, 0.1) is 12.0 Å². The minimum Gasteiger partial charge on any atom is -0.381 e. The van der Waals surface area contributed by atoms with Crippen LogP contribution in [0, 0.1) is 11.3 Å². The third kappa shape index (κ3) is 3.35. The predicted molar refractivity (Wildman–Crippen MR) is 86.8 cm³/mol. The van der Waals surface area contributed by atoms with E-state index in [1.165, 1.54) is 10.7 Å². The van der Waals surface area contributed by atoms with Gasteiger partial charge in [-0.05, 0) is 20.8 Å². The predicted octanol–water partition coefficient (Wildman–Crippen LogP) is 1.62. The van der Waals surface area contributed by atoms with Crippen LogP contribution in [0.1, 0.15) is 42.6 Å². The highest BCUT2D eigenvalue weighted by Gasteiger charge is 2.20. The normalized spacial score (nSPS) is 13.2. The van der Waals surface area contributed by atoms with E-state index in [0.717, 1.165) is 0 Å². The molecule has 0 aromatic carbocycles. The Morgan fingerprint density at radius 3 is 3.00 bits per heavy atom. The topological polar surface area (TPSA) is 121 Å². The first kappa shape index (κ1) is 16.2. The van der Waals surface area contributed by atoms with E-state index in [1.54, 1.807) is 39.4 Å². The number of nitriles is 1. The van der Waals surface area contributed by atoms with Gasteiger partial charge in [0.25, 0.3) is 5.91 Å². The van der Waals surface area contributed by atoms with E-state index in [0.29, 0.717) is 16.9 Å². The Kier molecular flexibility index (Phi) is 4.71. The standard InChI is InChI=1S/C15H17N7O/c1-4-18-6-10(3)20-15(23)12-13(17)21-22-8-11(9(2)5-16)7-19-14(12)22/h4,6-9H,1-3H3,(H2,17,21)(H,20,23)/b10-6+,18-4-. The monoisotopic (exact) mass is 311 g/mol. The van der Waals surface area contributed by atoms with Crippen molar-refractivity contribution in [2.75, 3.05) is 5.73 Å². The van der Waals surface area contributed by atoms with Gasteiger partial charge in [0.2, 0.25) is 0 Å². The summed E-state index contributed by atoms with van der Waals surface area (Å²) >= 11 is 0. The molecule has 8 nitrogen and oxygen atoms in total. The van der Waals surface area contributed by atoms with Crippen LogP contribution in [0.4, 0.5) is 5.82 Å². The SMILES string of the molecule is C/C=N\C=C(/C)NC(=O)c1c(N)nn2cc(C(C)C#N)cnc12. The summed E-state index contributed by atoms with van der Waals surface area (Å²) in [4.78, 5) is 20.5. The smallest absolute Gasteiger partial charge is 0.263 e. The molecule has 0 fully saturated rings. The van der Waals surface area contributed by atoms with Gasteiger partial charge in [-0.15, -0.1) is 5.10 Å². The highest BCUT2D eigenvalue weighted by molar-refractivity contribution is 6.04. The minimum absolute atomic E-state index is 0.0727. The maximum Gasteiger partial charge on any atom is 0.263 e. The summed E-state index contributed by atoms with van der Waals surface area (Å²) in [6.07, 6.45) is 6.33. The van der Waals surface area contributed by atoms with E-state index in [1.807, 2.05) is 0 Å². The van der Waals surface area contributed by atoms with Crippen LogP contribution in [-0.2, 0) is 0 Å². The third-order valence-corrected chi connectivity index (χ3v) is 3.17. The van der Waals surface area contributed by atoms with Gasteiger partial charge in [-0.2, -0.15) is 5.26 Å². The molecule has 0 bridgehead atoms. The molecule has 2 rings (SSSR count). The van der Waals surface area contributed by atoms with Crippen LogP contribution in [0.25, 0.3) is 5.65 Å². The summed E-state index contributed by atoms with van der Waals surface area (Å²) in [7, 11) is 0. The van der Waals surface area contributed by atoms with Crippen molar-refractivity contribution in [3.05, 3.63) is 35.4 Å². The van der Waals surface area contributed by atoms with E-state index in [2.05, 4.69) is 26.5 Å². The lowest BCUT2D eigenvalue weighted by Gasteiger charge is -2.05. The molecule has 118 valence electrons. The zero-order valence-electron chi connectivity index (χ0n) is 13.1. The summed E-state index contributed by atoms with van der Waals surface area (Å²) in [6.45, 7) is 5.25. The maximum absolute atomic E-state index is 12.4. The fourth-order valence-electron chi connectivity index (χ4n) is 1.94. The summed E-state index contributed by atoms with van der Waals surface area (Å²) < 4.78 is 1.41. The Labute approximate surface area is 133 Å². The number of nitrogen functional groups attached to an aromatic ring is 1. The summed E-state index contributed by atoms with van der Waals surface area (Å²) in [5, 5.41) is 15.7.